The SMILES string of the molecule is [N-]=[N+]=NCCCN(CCCCN(CCCNC(=O)C(F)(F)F)C(=O)C(F)(F)F)C(=O)C(F)(F)F. The lowest BCUT2D eigenvalue weighted by Crippen LogP contribution is -2.44. The summed E-state index contributed by atoms with van der Waals surface area (Å²) in [6.07, 6.45) is -16.8. The first kappa shape index (κ1) is 31.1. The van der Waals surface area contributed by atoms with E-state index < -0.39 is 75.4 Å². The van der Waals surface area contributed by atoms with Crippen molar-refractivity contribution in [1.82, 2.24) is 15.1 Å². The van der Waals surface area contributed by atoms with Gasteiger partial charge in [-0.05, 0) is 31.2 Å². The van der Waals surface area contributed by atoms with Gasteiger partial charge in [-0.2, -0.15) is 39.5 Å². The average molecular weight is 516 g/mol. The lowest BCUT2D eigenvalue weighted by molar-refractivity contribution is -0.186. The van der Waals surface area contributed by atoms with Crippen LogP contribution in [0.15, 0.2) is 5.11 Å². The molecule has 196 valence electrons. The number of alkyl halides is 9. The Morgan fingerprint density at radius 2 is 1.12 bits per heavy atom. The van der Waals surface area contributed by atoms with E-state index >= 15 is 0 Å². The van der Waals surface area contributed by atoms with Crippen molar-refractivity contribution in [3.05, 3.63) is 10.4 Å². The number of carbonyl (C=O) groups excluding carboxylic acids is 3. The first-order chi connectivity index (χ1) is 15.5. The van der Waals surface area contributed by atoms with Crippen molar-refractivity contribution in [3.63, 3.8) is 0 Å². The van der Waals surface area contributed by atoms with Crippen LogP contribution in [0.1, 0.15) is 25.7 Å². The van der Waals surface area contributed by atoms with Crippen LogP contribution in [0.5, 0.6) is 0 Å². The minimum Gasteiger partial charge on any atom is -0.348 e. The number of azide groups is 1. The number of unbranched alkanes of at least 4 members (excludes halogenated alkanes) is 1. The van der Waals surface area contributed by atoms with Crippen molar-refractivity contribution in [2.45, 2.75) is 44.2 Å². The van der Waals surface area contributed by atoms with E-state index in [2.05, 4.69) is 10.0 Å². The minimum absolute atomic E-state index is 0.103. The summed E-state index contributed by atoms with van der Waals surface area (Å²) < 4.78 is 113. The standard InChI is InChI=1S/C16H21F9N6O3/c17-14(18,19)11(32)27-5-3-9-30(12(33)15(20,21)22)7-1-2-8-31(10-4-6-28-29-26)13(34)16(23,24)25/h1-10H2,(H,27,32). The molecule has 0 heterocycles. The first-order valence-corrected chi connectivity index (χ1v) is 9.60. The van der Waals surface area contributed by atoms with Gasteiger partial charge in [0.15, 0.2) is 0 Å². The van der Waals surface area contributed by atoms with Gasteiger partial charge >= 0.3 is 36.3 Å². The second-order valence-electron chi connectivity index (χ2n) is 6.70. The molecule has 0 aromatic heterocycles. The van der Waals surface area contributed by atoms with Crippen LogP contribution in [0.2, 0.25) is 0 Å². The van der Waals surface area contributed by atoms with Gasteiger partial charge in [0, 0.05) is 44.2 Å². The zero-order chi connectivity index (χ0) is 26.6. The molecule has 1 N–H and O–H groups in total. The van der Waals surface area contributed by atoms with Crippen molar-refractivity contribution >= 4 is 17.7 Å². The van der Waals surface area contributed by atoms with Crippen LogP contribution in [-0.2, 0) is 14.4 Å². The highest BCUT2D eigenvalue weighted by atomic mass is 19.4. The second kappa shape index (κ2) is 13.7. The number of nitrogens with one attached hydrogen (secondary N) is 1. The van der Waals surface area contributed by atoms with Gasteiger partial charge < -0.3 is 15.1 Å². The van der Waals surface area contributed by atoms with Crippen LogP contribution >= 0.6 is 0 Å². The second-order valence-corrected chi connectivity index (χ2v) is 6.70. The Bertz CT molecular complexity index is 733. The first-order valence-electron chi connectivity index (χ1n) is 9.60. The van der Waals surface area contributed by atoms with Crippen molar-refractivity contribution in [2.75, 3.05) is 39.3 Å². The van der Waals surface area contributed by atoms with Gasteiger partial charge in [0.2, 0.25) is 0 Å². The molecule has 3 amide bonds. The van der Waals surface area contributed by atoms with Gasteiger partial charge in [0.1, 0.15) is 0 Å². The summed E-state index contributed by atoms with van der Waals surface area (Å²) in [5.41, 5.74) is 8.15. The molecule has 0 aliphatic rings. The van der Waals surface area contributed by atoms with Crippen molar-refractivity contribution in [3.8, 4) is 0 Å². The molecular weight excluding hydrogens is 495 g/mol. The van der Waals surface area contributed by atoms with E-state index in [4.69, 9.17) is 5.53 Å². The van der Waals surface area contributed by atoms with E-state index in [1.807, 2.05) is 0 Å². The Kier molecular flexibility index (Phi) is 12.5. The molecule has 0 aliphatic heterocycles. The van der Waals surface area contributed by atoms with Crippen LogP contribution in [-0.4, -0.2) is 85.3 Å². The molecule has 0 saturated carbocycles. The highest BCUT2D eigenvalue weighted by Gasteiger charge is 2.43. The van der Waals surface area contributed by atoms with Crippen LogP contribution < -0.4 is 5.32 Å². The number of nitrogens with zero attached hydrogens (tertiary/aromatic N) is 5. The summed E-state index contributed by atoms with van der Waals surface area (Å²) in [5.74, 6) is -6.82. The molecule has 0 bridgehead atoms. The van der Waals surface area contributed by atoms with Crippen LogP contribution in [0.25, 0.3) is 10.4 Å². The Morgan fingerprint density at radius 1 is 0.706 bits per heavy atom. The van der Waals surface area contributed by atoms with E-state index in [1.165, 1.54) is 5.32 Å². The molecule has 34 heavy (non-hydrogen) atoms. The van der Waals surface area contributed by atoms with Gasteiger partial charge in [-0.1, -0.05) is 5.11 Å². The molecular formula is C16H21F9N6O3. The van der Waals surface area contributed by atoms with Crippen molar-refractivity contribution in [1.29, 1.82) is 0 Å². The average Bonchev–Trinajstić information content (AvgIpc) is 2.70. The maximum Gasteiger partial charge on any atom is 0.471 e. The molecule has 0 fully saturated rings. The largest absolute Gasteiger partial charge is 0.471 e. The summed E-state index contributed by atoms with van der Waals surface area (Å²) >= 11 is 0. The molecule has 0 atom stereocenters. The number of hydrogen-bond donors (Lipinski definition) is 1. The molecule has 0 aliphatic carbocycles. The third kappa shape index (κ3) is 12.4. The minimum atomic E-state index is -5.31. The van der Waals surface area contributed by atoms with Crippen molar-refractivity contribution < 1.29 is 53.9 Å². The predicted molar refractivity (Wildman–Crippen MR) is 96.8 cm³/mol. The van der Waals surface area contributed by atoms with Crippen LogP contribution in [0, 0.1) is 0 Å². The Labute approximate surface area is 186 Å². The molecule has 0 unspecified atom stereocenters. The Hall–Kier alpha value is -2.91. The monoisotopic (exact) mass is 516 g/mol. The molecule has 18 heteroatoms. The fourth-order valence-electron chi connectivity index (χ4n) is 2.54. The van der Waals surface area contributed by atoms with Crippen LogP contribution in [0.3, 0.4) is 0 Å². The highest BCUT2D eigenvalue weighted by Crippen LogP contribution is 2.21. The van der Waals surface area contributed by atoms with Gasteiger partial charge in [-0.3, -0.25) is 14.4 Å². The quantitative estimate of drug-likeness (QED) is 0.133. The fraction of sp³-hybridized carbons (Fsp3) is 0.812. The lowest BCUT2D eigenvalue weighted by Gasteiger charge is -2.26. The van der Waals surface area contributed by atoms with Gasteiger partial charge in [0.05, 0.1) is 0 Å². The fourth-order valence-corrected chi connectivity index (χ4v) is 2.54. The summed E-state index contributed by atoms with van der Waals surface area (Å²) in [5, 5.41) is 4.54. The number of carbonyl (C=O) groups is 3. The smallest absolute Gasteiger partial charge is 0.348 e. The molecule has 0 radical (unpaired) electrons. The number of amides is 3. The van der Waals surface area contributed by atoms with E-state index in [0.29, 0.717) is 4.90 Å². The van der Waals surface area contributed by atoms with E-state index in [-0.39, 0.29) is 30.7 Å². The zero-order valence-corrected chi connectivity index (χ0v) is 17.4. The molecule has 0 aromatic rings. The molecule has 0 spiro atoms. The normalized spacial score (nSPS) is 12.0. The number of hydrogen-bond acceptors (Lipinski definition) is 4. The zero-order valence-electron chi connectivity index (χ0n) is 17.4. The maximum absolute atomic E-state index is 12.7. The van der Waals surface area contributed by atoms with Crippen LogP contribution in [0.4, 0.5) is 39.5 Å². The maximum atomic E-state index is 12.7. The molecule has 9 nitrogen and oxygen atoms in total. The number of rotatable bonds is 13. The van der Waals surface area contributed by atoms with Gasteiger partial charge in [-0.15, -0.1) is 0 Å². The van der Waals surface area contributed by atoms with E-state index in [0.717, 1.165) is 0 Å². The van der Waals surface area contributed by atoms with Gasteiger partial charge in [-0.25, -0.2) is 0 Å². The van der Waals surface area contributed by atoms with Crippen molar-refractivity contribution in [2.24, 2.45) is 5.11 Å². The summed E-state index contributed by atoms with van der Waals surface area (Å²) in [6, 6.07) is 0. The summed E-state index contributed by atoms with van der Waals surface area (Å²) in [4.78, 5) is 36.7. The summed E-state index contributed by atoms with van der Waals surface area (Å²) in [6.45, 7) is -3.15. The third-order valence-electron chi connectivity index (χ3n) is 4.06. The summed E-state index contributed by atoms with van der Waals surface area (Å²) in [7, 11) is 0. The molecule has 0 aromatic carbocycles. The lowest BCUT2D eigenvalue weighted by atomic mass is 10.2. The van der Waals surface area contributed by atoms with E-state index in [9.17, 15) is 53.9 Å². The van der Waals surface area contributed by atoms with Gasteiger partial charge in [0.25, 0.3) is 0 Å². The number of halogens is 9. The molecule has 0 rings (SSSR count). The Balaban J connectivity index is 4.89. The molecule has 0 saturated heterocycles. The predicted octanol–water partition coefficient (Wildman–Crippen LogP) is 3.32. The Morgan fingerprint density at radius 3 is 1.50 bits per heavy atom. The highest BCUT2D eigenvalue weighted by molar-refractivity contribution is 5.82. The topological polar surface area (TPSA) is 118 Å². The third-order valence-corrected chi connectivity index (χ3v) is 4.06. The van der Waals surface area contributed by atoms with E-state index in [1.54, 1.807) is 0 Å².